The first-order valence-electron chi connectivity index (χ1n) is 5.96. The minimum Gasteiger partial charge on any atom is -0.456 e. The molecule has 0 saturated heterocycles. The first-order valence-corrected chi connectivity index (χ1v) is 6.50. The van der Waals surface area contributed by atoms with E-state index in [9.17, 15) is 0 Å². The van der Waals surface area contributed by atoms with Crippen molar-refractivity contribution < 1.29 is 4.74 Å². The van der Waals surface area contributed by atoms with Crippen molar-refractivity contribution in [1.29, 1.82) is 0 Å². The summed E-state index contributed by atoms with van der Waals surface area (Å²) in [6.45, 7) is 4.32. The Bertz CT molecular complexity index is 525. The Kier molecular flexibility index (Phi) is 4.21. The van der Waals surface area contributed by atoms with Gasteiger partial charge in [-0.2, -0.15) is 0 Å². The first-order chi connectivity index (χ1) is 8.69. The van der Waals surface area contributed by atoms with E-state index in [0.717, 1.165) is 11.3 Å². The highest BCUT2D eigenvalue weighted by molar-refractivity contribution is 6.17. The third-order valence-electron chi connectivity index (χ3n) is 2.68. The van der Waals surface area contributed by atoms with E-state index in [-0.39, 0.29) is 0 Å². The molecule has 0 fully saturated rings. The number of hydrogen-bond donors (Lipinski definition) is 0. The van der Waals surface area contributed by atoms with Crippen LogP contribution < -0.4 is 4.74 Å². The first kappa shape index (κ1) is 12.9. The van der Waals surface area contributed by atoms with Gasteiger partial charge in [-0.3, -0.25) is 4.98 Å². The van der Waals surface area contributed by atoms with Crippen LogP contribution in [0, 0.1) is 0 Å². The summed E-state index contributed by atoms with van der Waals surface area (Å²) in [4.78, 5) is 4.10. The predicted octanol–water partition coefficient (Wildman–Crippen LogP) is 4.74. The Morgan fingerprint density at radius 2 is 2.00 bits per heavy atom. The summed E-state index contributed by atoms with van der Waals surface area (Å²) < 4.78 is 5.79. The second-order valence-corrected chi connectivity index (χ2v) is 4.76. The molecule has 94 valence electrons. The smallest absolute Gasteiger partial charge is 0.146 e. The maximum atomic E-state index is 5.79. The van der Waals surface area contributed by atoms with E-state index in [1.54, 1.807) is 12.4 Å². The molecule has 2 nitrogen and oxygen atoms in total. The Morgan fingerprint density at radius 3 is 2.72 bits per heavy atom. The van der Waals surface area contributed by atoms with E-state index in [1.165, 1.54) is 5.56 Å². The Labute approximate surface area is 113 Å². The van der Waals surface area contributed by atoms with Gasteiger partial charge in [0, 0.05) is 12.1 Å². The van der Waals surface area contributed by atoms with Crippen molar-refractivity contribution in [3.8, 4) is 11.5 Å². The van der Waals surface area contributed by atoms with E-state index in [0.29, 0.717) is 17.5 Å². The molecule has 18 heavy (non-hydrogen) atoms. The zero-order valence-corrected chi connectivity index (χ0v) is 11.3. The van der Waals surface area contributed by atoms with E-state index in [2.05, 4.69) is 31.0 Å². The lowest BCUT2D eigenvalue weighted by atomic mass is 10.0. The molecule has 0 bridgehead atoms. The lowest BCUT2D eigenvalue weighted by Gasteiger charge is -2.09. The lowest BCUT2D eigenvalue weighted by Crippen LogP contribution is -1.91. The fraction of sp³-hybridized carbons (Fsp3) is 0.267. The average molecular weight is 262 g/mol. The molecule has 1 aromatic heterocycles. The molecule has 0 unspecified atom stereocenters. The normalized spacial score (nSPS) is 10.7. The molecule has 1 aromatic carbocycles. The molecule has 1 heterocycles. The number of ether oxygens (including phenoxy) is 1. The van der Waals surface area contributed by atoms with Crippen molar-refractivity contribution in [2.75, 3.05) is 0 Å². The van der Waals surface area contributed by atoms with Gasteiger partial charge in [0.25, 0.3) is 0 Å². The van der Waals surface area contributed by atoms with Gasteiger partial charge in [-0.05, 0) is 35.2 Å². The molecule has 3 heteroatoms. The van der Waals surface area contributed by atoms with Gasteiger partial charge in [0.1, 0.15) is 11.5 Å². The second-order valence-electron chi connectivity index (χ2n) is 4.49. The van der Waals surface area contributed by atoms with Crippen molar-refractivity contribution in [1.82, 2.24) is 4.98 Å². The number of aromatic nitrogens is 1. The molecule has 0 aliphatic heterocycles. The van der Waals surface area contributed by atoms with Crippen LogP contribution in [0.25, 0.3) is 0 Å². The highest BCUT2D eigenvalue weighted by Crippen LogP contribution is 2.25. The number of rotatable bonds is 4. The summed E-state index contributed by atoms with van der Waals surface area (Å²) >= 11 is 5.77. The van der Waals surface area contributed by atoms with Gasteiger partial charge < -0.3 is 4.74 Å². The average Bonchev–Trinajstić information content (AvgIpc) is 2.39. The van der Waals surface area contributed by atoms with Crippen LogP contribution in [0.1, 0.15) is 30.9 Å². The fourth-order valence-electron chi connectivity index (χ4n) is 1.67. The maximum absolute atomic E-state index is 5.79. The van der Waals surface area contributed by atoms with Gasteiger partial charge in [-0.25, -0.2) is 0 Å². The van der Waals surface area contributed by atoms with Crippen LogP contribution in [0.5, 0.6) is 11.5 Å². The number of pyridine rings is 1. The third-order valence-corrected chi connectivity index (χ3v) is 2.99. The zero-order valence-electron chi connectivity index (χ0n) is 10.6. The standard InChI is InChI=1S/C15H16ClNO/c1-11(2)13-4-3-5-14(7-13)18-15-6-12(8-16)9-17-10-15/h3-7,9-11H,8H2,1-2H3. The minimum atomic E-state index is 0.441. The van der Waals surface area contributed by atoms with E-state index in [1.807, 2.05) is 18.2 Å². The van der Waals surface area contributed by atoms with Crippen molar-refractivity contribution in [3.05, 3.63) is 53.9 Å². The highest BCUT2D eigenvalue weighted by atomic mass is 35.5. The molecule has 0 saturated carbocycles. The van der Waals surface area contributed by atoms with Gasteiger partial charge >= 0.3 is 0 Å². The number of benzene rings is 1. The van der Waals surface area contributed by atoms with Crippen molar-refractivity contribution in [2.24, 2.45) is 0 Å². The minimum absolute atomic E-state index is 0.441. The van der Waals surface area contributed by atoms with E-state index >= 15 is 0 Å². The predicted molar refractivity (Wildman–Crippen MR) is 74.4 cm³/mol. The molecular formula is C15H16ClNO. The van der Waals surface area contributed by atoms with Crippen molar-refractivity contribution >= 4 is 11.6 Å². The fourth-order valence-corrected chi connectivity index (χ4v) is 1.81. The zero-order chi connectivity index (χ0) is 13.0. The summed E-state index contributed by atoms with van der Waals surface area (Å²) in [5, 5.41) is 0. The van der Waals surface area contributed by atoms with Gasteiger partial charge in [0.05, 0.1) is 6.20 Å². The van der Waals surface area contributed by atoms with E-state index in [4.69, 9.17) is 16.3 Å². The molecule has 0 N–H and O–H groups in total. The number of halogens is 1. The van der Waals surface area contributed by atoms with Gasteiger partial charge in [-0.15, -0.1) is 11.6 Å². The Balaban J connectivity index is 2.20. The summed E-state index contributed by atoms with van der Waals surface area (Å²) in [6.07, 6.45) is 3.43. The molecule has 0 aliphatic rings. The van der Waals surface area contributed by atoms with Crippen LogP contribution in [0.3, 0.4) is 0 Å². The van der Waals surface area contributed by atoms with Crippen LogP contribution in [-0.2, 0) is 5.88 Å². The molecule has 0 atom stereocenters. The van der Waals surface area contributed by atoms with Gasteiger partial charge in [0.2, 0.25) is 0 Å². The second kappa shape index (κ2) is 5.87. The van der Waals surface area contributed by atoms with Crippen LogP contribution >= 0.6 is 11.6 Å². The summed E-state index contributed by atoms with van der Waals surface area (Å²) in [7, 11) is 0. The largest absolute Gasteiger partial charge is 0.456 e. The molecule has 2 rings (SSSR count). The SMILES string of the molecule is CC(C)c1cccc(Oc2cncc(CCl)c2)c1. The molecule has 0 aliphatic carbocycles. The molecule has 0 amide bonds. The van der Waals surface area contributed by atoms with Crippen LogP contribution in [0.2, 0.25) is 0 Å². The van der Waals surface area contributed by atoms with Crippen LogP contribution in [0.4, 0.5) is 0 Å². The highest BCUT2D eigenvalue weighted by Gasteiger charge is 2.03. The number of nitrogens with zero attached hydrogens (tertiary/aromatic N) is 1. The number of hydrogen-bond acceptors (Lipinski definition) is 2. The molecule has 0 radical (unpaired) electrons. The number of alkyl halides is 1. The summed E-state index contributed by atoms with van der Waals surface area (Å²) in [5.41, 5.74) is 2.21. The molecule has 0 spiro atoms. The van der Waals surface area contributed by atoms with Crippen LogP contribution in [0.15, 0.2) is 42.7 Å². The van der Waals surface area contributed by atoms with Gasteiger partial charge in [-0.1, -0.05) is 26.0 Å². The Hall–Kier alpha value is -1.54. The molecular weight excluding hydrogens is 246 g/mol. The van der Waals surface area contributed by atoms with Crippen molar-refractivity contribution in [2.45, 2.75) is 25.6 Å². The topological polar surface area (TPSA) is 22.1 Å². The Morgan fingerprint density at radius 1 is 1.17 bits per heavy atom. The lowest BCUT2D eigenvalue weighted by molar-refractivity contribution is 0.478. The quantitative estimate of drug-likeness (QED) is 0.742. The monoisotopic (exact) mass is 261 g/mol. The van der Waals surface area contributed by atoms with Crippen LogP contribution in [-0.4, -0.2) is 4.98 Å². The third kappa shape index (κ3) is 3.23. The van der Waals surface area contributed by atoms with Gasteiger partial charge in [0.15, 0.2) is 0 Å². The van der Waals surface area contributed by atoms with E-state index < -0.39 is 0 Å². The molecule has 2 aromatic rings. The summed E-state index contributed by atoms with van der Waals surface area (Å²) in [6, 6.07) is 10.0. The maximum Gasteiger partial charge on any atom is 0.146 e. The van der Waals surface area contributed by atoms with Crippen molar-refractivity contribution in [3.63, 3.8) is 0 Å². The summed E-state index contributed by atoms with van der Waals surface area (Å²) in [5.74, 6) is 2.47.